The molecule has 2 aliphatic rings. The first kappa shape index (κ1) is 18.1. The number of rotatable bonds is 4. The fourth-order valence-corrected chi connectivity index (χ4v) is 3.73. The van der Waals surface area contributed by atoms with E-state index in [2.05, 4.69) is 10.2 Å². The molecule has 0 saturated carbocycles. The number of halogens is 1. The Hall–Kier alpha value is -1.66. The molecule has 2 aliphatic heterocycles. The topological polar surface area (TPSA) is 55.8 Å². The molecule has 0 radical (unpaired) electrons. The molecule has 25 heavy (non-hydrogen) atoms. The van der Waals surface area contributed by atoms with E-state index in [0.717, 1.165) is 37.9 Å². The predicted octanol–water partition coefficient (Wildman–Crippen LogP) is 2.20. The third-order valence-corrected chi connectivity index (χ3v) is 5.46. The summed E-state index contributed by atoms with van der Waals surface area (Å²) in [6.07, 6.45) is 2.27. The van der Waals surface area contributed by atoms with E-state index in [0.29, 0.717) is 19.6 Å². The van der Waals surface area contributed by atoms with E-state index in [1.54, 1.807) is 13.0 Å². The maximum atomic E-state index is 13.7. The summed E-state index contributed by atoms with van der Waals surface area (Å²) in [5.74, 6) is 0.0352. The van der Waals surface area contributed by atoms with E-state index in [4.69, 9.17) is 0 Å². The lowest BCUT2D eigenvalue weighted by atomic mass is 10.0. The second-order valence-corrected chi connectivity index (χ2v) is 7.33. The van der Waals surface area contributed by atoms with E-state index in [1.165, 1.54) is 6.07 Å². The minimum absolute atomic E-state index is 0.0179. The lowest BCUT2D eigenvalue weighted by Gasteiger charge is -2.33. The Bertz CT molecular complexity index is 588. The fraction of sp³-hybridized carbons (Fsp3) is 0.632. The molecule has 2 N–H and O–H groups in total. The molecule has 1 aromatic carbocycles. The van der Waals surface area contributed by atoms with Crippen LogP contribution in [-0.4, -0.2) is 59.3 Å². The maximum absolute atomic E-state index is 13.7. The van der Waals surface area contributed by atoms with Crippen LogP contribution >= 0.6 is 0 Å². The molecule has 0 aliphatic carbocycles. The third kappa shape index (κ3) is 4.70. The minimum atomic E-state index is -0.362. The van der Waals surface area contributed by atoms with E-state index in [-0.39, 0.29) is 29.9 Å². The average Bonchev–Trinajstić information content (AvgIpc) is 3.09. The van der Waals surface area contributed by atoms with Gasteiger partial charge < -0.3 is 15.3 Å². The largest absolute Gasteiger partial charge is 0.393 e. The first-order valence-electron chi connectivity index (χ1n) is 9.22. The molecule has 2 atom stereocenters. The standard InChI is InChI=1S/C19H28FN3O2/c1-14(24)15-6-11-23(13-15)19(25)21-17-7-9-22(10-8-17)12-16-4-2-3-5-18(16)20/h2-5,14-15,17,24H,6-13H2,1H3,(H,21,25). The van der Waals surface area contributed by atoms with Gasteiger partial charge in [0.15, 0.2) is 0 Å². The summed E-state index contributed by atoms with van der Waals surface area (Å²) in [4.78, 5) is 16.4. The van der Waals surface area contributed by atoms with Crippen LogP contribution in [-0.2, 0) is 6.54 Å². The normalized spacial score (nSPS) is 23.6. The number of carbonyl (C=O) groups excluding carboxylic acids is 1. The number of urea groups is 1. The molecular formula is C19H28FN3O2. The number of likely N-dealkylation sites (tertiary alicyclic amines) is 2. The Balaban J connectivity index is 1.42. The Morgan fingerprint density at radius 1 is 1.28 bits per heavy atom. The van der Waals surface area contributed by atoms with Gasteiger partial charge >= 0.3 is 6.03 Å². The van der Waals surface area contributed by atoms with Gasteiger partial charge in [-0.25, -0.2) is 9.18 Å². The number of amides is 2. The molecular weight excluding hydrogens is 321 g/mol. The van der Waals surface area contributed by atoms with Gasteiger partial charge in [-0.05, 0) is 32.3 Å². The van der Waals surface area contributed by atoms with Crippen molar-refractivity contribution < 1.29 is 14.3 Å². The van der Waals surface area contributed by atoms with Gasteiger partial charge in [-0.3, -0.25) is 4.90 Å². The van der Waals surface area contributed by atoms with Gasteiger partial charge in [0.1, 0.15) is 5.82 Å². The SMILES string of the molecule is CC(O)C1CCN(C(=O)NC2CCN(Cc3ccccc3F)CC2)C1. The highest BCUT2D eigenvalue weighted by Crippen LogP contribution is 2.20. The van der Waals surface area contributed by atoms with Crippen LogP contribution < -0.4 is 5.32 Å². The van der Waals surface area contributed by atoms with Crippen molar-refractivity contribution in [3.63, 3.8) is 0 Å². The van der Waals surface area contributed by atoms with Gasteiger partial charge in [0.05, 0.1) is 6.10 Å². The highest BCUT2D eigenvalue weighted by atomic mass is 19.1. The van der Waals surface area contributed by atoms with Gasteiger partial charge in [-0.15, -0.1) is 0 Å². The minimum Gasteiger partial charge on any atom is -0.393 e. The first-order valence-corrected chi connectivity index (χ1v) is 9.22. The van der Waals surface area contributed by atoms with Crippen LogP contribution in [0, 0.1) is 11.7 Å². The molecule has 0 bridgehead atoms. The molecule has 0 spiro atoms. The predicted molar refractivity (Wildman–Crippen MR) is 94.6 cm³/mol. The summed E-state index contributed by atoms with van der Waals surface area (Å²) in [6, 6.07) is 7.06. The summed E-state index contributed by atoms with van der Waals surface area (Å²) < 4.78 is 13.7. The second kappa shape index (κ2) is 8.15. The summed E-state index contributed by atoms with van der Waals surface area (Å²) in [5, 5.41) is 12.8. The highest BCUT2D eigenvalue weighted by molar-refractivity contribution is 5.74. The molecule has 3 rings (SSSR count). The lowest BCUT2D eigenvalue weighted by Crippen LogP contribution is -2.48. The van der Waals surface area contributed by atoms with Crippen molar-refractivity contribution in [1.82, 2.24) is 15.1 Å². The zero-order valence-corrected chi connectivity index (χ0v) is 14.8. The third-order valence-electron chi connectivity index (χ3n) is 5.46. The van der Waals surface area contributed by atoms with Crippen LogP contribution in [0.5, 0.6) is 0 Å². The van der Waals surface area contributed by atoms with Crippen molar-refractivity contribution in [2.45, 2.75) is 44.9 Å². The monoisotopic (exact) mass is 349 g/mol. The van der Waals surface area contributed by atoms with Crippen molar-refractivity contribution in [3.8, 4) is 0 Å². The molecule has 0 aromatic heterocycles. The molecule has 2 heterocycles. The van der Waals surface area contributed by atoms with Crippen LogP contribution in [0.1, 0.15) is 31.7 Å². The van der Waals surface area contributed by atoms with Gasteiger partial charge in [0.2, 0.25) is 0 Å². The fourth-order valence-electron chi connectivity index (χ4n) is 3.73. The smallest absolute Gasteiger partial charge is 0.317 e. The van der Waals surface area contributed by atoms with Crippen LogP contribution in [0.3, 0.4) is 0 Å². The summed E-state index contributed by atoms with van der Waals surface area (Å²) in [6.45, 7) is 5.47. The van der Waals surface area contributed by atoms with E-state index in [9.17, 15) is 14.3 Å². The number of nitrogens with zero attached hydrogens (tertiary/aromatic N) is 2. The number of aliphatic hydroxyl groups excluding tert-OH is 1. The molecule has 138 valence electrons. The van der Waals surface area contributed by atoms with Crippen molar-refractivity contribution in [3.05, 3.63) is 35.6 Å². The Morgan fingerprint density at radius 3 is 2.64 bits per heavy atom. The number of hydrogen-bond acceptors (Lipinski definition) is 3. The maximum Gasteiger partial charge on any atom is 0.317 e. The molecule has 5 nitrogen and oxygen atoms in total. The van der Waals surface area contributed by atoms with E-state index >= 15 is 0 Å². The number of carbonyl (C=O) groups is 1. The van der Waals surface area contributed by atoms with Gasteiger partial charge in [-0.2, -0.15) is 0 Å². The second-order valence-electron chi connectivity index (χ2n) is 7.33. The van der Waals surface area contributed by atoms with Crippen LogP contribution in [0.15, 0.2) is 24.3 Å². The van der Waals surface area contributed by atoms with Crippen LogP contribution in [0.2, 0.25) is 0 Å². The zero-order chi connectivity index (χ0) is 17.8. The molecule has 1 aromatic rings. The van der Waals surface area contributed by atoms with Gasteiger partial charge in [-0.1, -0.05) is 18.2 Å². The number of nitrogens with one attached hydrogen (secondary N) is 1. The number of piperidine rings is 1. The average molecular weight is 349 g/mol. The molecule has 6 heteroatoms. The summed E-state index contributed by atoms with van der Waals surface area (Å²) in [5.41, 5.74) is 0.728. The van der Waals surface area contributed by atoms with Crippen LogP contribution in [0.25, 0.3) is 0 Å². The first-order chi connectivity index (χ1) is 12.0. The Labute approximate surface area is 148 Å². The molecule has 2 amide bonds. The van der Waals surface area contributed by atoms with Gasteiger partial charge in [0.25, 0.3) is 0 Å². The highest BCUT2D eigenvalue weighted by Gasteiger charge is 2.30. The molecule has 2 saturated heterocycles. The Kier molecular flexibility index (Phi) is 5.91. The summed E-state index contributed by atoms with van der Waals surface area (Å²) >= 11 is 0. The van der Waals surface area contributed by atoms with E-state index < -0.39 is 0 Å². The van der Waals surface area contributed by atoms with E-state index in [1.807, 2.05) is 17.0 Å². The quantitative estimate of drug-likeness (QED) is 0.876. The zero-order valence-electron chi connectivity index (χ0n) is 14.8. The van der Waals surface area contributed by atoms with Crippen molar-refractivity contribution >= 4 is 6.03 Å². The van der Waals surface area contributed by atoms with Crippen LogP contribution in [0.4, 0.5) is 9.18 Å². The number of benzene rings is 1. The van der Waals surface area contributed by atoms with Gasteiger partial charge in [0, 0.05) is 50.2 Å². The number of aliphatic hydroxyl groups is 1. The van der Waals surface area contributed by atoms with Crippen molar-refractivity contribution in [2.24, 2.45) is 5.92 Å². The Morgan fingerprint density at radius 2 is 2.00 bits per heavy atom. The number of hydrogen-bond donors (Lipinski definition) is 2. The molecule has 2 unspecified atom stereocenters. The lowest BCUT2D eigenvalue weighted by molar-refractivity contribution is 0.128. The van der Waals surface area contributed by atoms with Crippen molar-refractivity contribution in [1.29, 1.82) is 0 Å². The van der Waals surface area contributed by atoms with Crippen molar-refractivity contribution in [2.75, 3.05) is 26.2 Å². The molecule has 2 fully saturated rings. The summed E-state index contributed by atoms with van der Waals surface area (Å²) in [7, 11) is 0.